The number of hydrogen-bond acceptors (Lipinski definition) is 6. The highest BCUT2D eigenvalue weighted by atomic mass is 32.2. The first-order valence-electron chi connectivity index (χ1n) is 9.44. The molecule has 0 amide bonds. The number of nitrogens with zero attached hydrogens (tertiary/aromatic N) is 2. The Labute approximate surface area is 173 Å². The number of carboxylic acid groups (broad SMARTS) is 1. The molecule has 160 valence electrons. The third kappa shape index (κ3) is 5.00. The predicted molar refractivity (Wildman–Crippen MR) is 107 cm³/mol. The van der Waals surface area contributed by atoms with E-state index in [1.807, 2.05) is 0 Å². The van der Waals surface area contributed by atoms with E-state index in [1.165, 1.54) is 24.3 Å². The number of aromatic nitrogens is 2. The van der Waals surface area contributed by atoms with Crippen LogP contribution in [0.1, 0.15) is 43.6 Å². The lowest BCUT2D eigenvalue weighted by atomic mass is 10.0. The smallest absolute Gasteiger partial charge is 0.322 e. The van der Waals surface area contributed by atoms with Crippen molar-refractivity contribution in [3.8, 4) is 11.4 Å². The molecule has 1 aromatic carbocycles. The number of rotatable bonds is 10. The highest BCUT2D eigenvalue weighted by Gasteiger charge is 2.30. The lowest BCUT2D eigenvalue weighted by molar-refractivity contribution is -0.138. The number of sulfonamides is 1. The second-order valence-corrected chi connectivity index (χ2v) is 8.75. The minimum atomic E-state index is -4.03. The summed E-state index contributed by atoms with van der Waals surface area (Å²) in [6.45, 7) is 5.09. The van der Waals surface area contributed by atoms with Crippen LogP contribution < -0.4 is 4.72 Å². The van der Waals surface area contributed by atoms with Crippen molar-refractivity contribution >= 4 is 16.0 Å². The van der Waals surface area contributed by atoms with Gasteiger partial charge in [0.25, 0.3) is 0 Å². The fraction of sp³-hybridized carbons (Fsp3) is 0.350. The van der Waals surface area contributed by atoms with Crippen LogP contribution in [0, 0.1) is 5.82 Å². The Morgan fingerprint density at radius 1 is 1.47 bits per heavy atom. The van der Waals surface area contributed by atoms with Crippen LogP contribution in [0.15, 0.2) is 46.4 Å². The second kappa shape index (κ2) is 8.88. The molecule has 2 N–H and O–H groups in total. The molecular formula is C20H22FN3O5S. The van der Waals surface area contributed by atoms with Crippen molar-refractivity contribution in [2.24, 2.45) is 0 Å². The average molecular weight is 435 g/mol. The number of hydrogen-bond donors (Lipinski definition) is 2. The van der Waals surface area contributed by atoms with Crippen molar-refractivity contribution in [3.63, 3.8) is 0 Å². The van der Waals surface area contributed by atoms with Crippen molar-refractivity contribution < 1.29 is 27.2 Å². The summed E-state index contributed by atoms with van der Waals surface area (Å²) in [6.07, 6.45) is 4.49. The lowest BCUT2D eigenvalue weighted by Gasteiger charge is -2.16. The minimum Gasteiger partial charge on any atom is -0.480 e. The zero-order valence-electron chi connectivity index (χ0n) is 16.3. The van der Waals surface area contributed by atoms with Gasteiger partial charge in [0.2, 0.25) is 21.7 Å². The molecule has 1 fully saturated rings. The number of carboxylic acids is 1. The summed E-state index contributed by atoms with van der Waals surface area (Å²) in [5, 5.41) is 13.2. The lowest BCUT2D eigenvalue weighted by Crippen LogP contribution is -2.42. The third-order valence-electron chi connectivity index (χ3n) is 4.68. The number of halogens is 1. The second-order valence-electron chi connectivity index (χ2n) is 6.98. The molecular weight excluding hydrogens is 413 g/mol. The Morgan fingerprint density at radius 3 is 2.77 bits per heavy atom. The molecule has 0 unspecified atom stereocenters. The molecule has 2 aromatic rings. The Balaban J connectivity index is 1.78. The maximum absolute atomic E-state index is 14.6. The summed E-state index contributed by atoms with van der Waals surface area (Å²) in [5.74, 6) is -1.18. The molecule has 1 heterocycles. The summed E-state index contributed by atoms with van der Waals surface area (Å²) in [4.78, 5) is 15.8. The molecule has 1 aliphatic rings. The van der Waals surface area contributed by atoms with Gasteiger partial charge in [-0.3, -0.25) is 4.79 Å². The molecule has 10 heteroatoms. The standard InChI is InChI=1S/C20H22FN3O5S/c1-3-5-14(4-2)30(27,28)24-17(20(25)26)11-12-6-9-15(16(21)10-12)18-22-19(29-23-18)13-7-8-13/h3,5-6,9-10,13,17,24H,1,4,7-8,11H2,2H3,(H,25,26)/b14-5+/t17-/m1/s1. The van der Waals surface area contributed by atoms with Gasteiger partial charge in [-0.15, -0.1) is 0 Å². The number of carbonyl (C=O) groups is 1. The molecule has 1 aromatic heterocycles. The van der Waals surface area contributed by atoms with Crippen molar-refractivity contribution in [2.75, 3.05) is 0 Å². The van der Waals surface area contributed by atoms with Crippen LogP contribution in [0.2, 0.25) is 0 Å². The van der Waals surface area contributed by atoms with Crippen molar-refractivity contribution in [3.05, 3.63) is 59.1 Å². The van der Waals surface area contributed by atoms with Gasteiger partial charge in [0.15, 0.2) is 0 Å². The van der Waals surface area contributed by atoms with Crippen molar-refractivity contribution in [1.82, 2.24) is 14.9 Å². The molecule has 1 saturated carbocycles. The average Bonchev–Trinajstić information content (AvgIpc) is 3.43. The molecule has 0 aliphatic heterocycles. The summed E-state index contributed by atoms with van der Waals surface area (Å²) < 4.78 is 46.8. The first-order valence-corrected chi connectivity index (χ1v) is 10.9. The Morgan fingerprint density at radius 2 is 2.20 bits per heavy atom. The van der Waals surface area contributed by atoms with E-state index in [-0.39, 0.29) is 35.1 Å². The van der Waals surface area contributed by atoms with E-state index in [2.05, 4.69) is 21.4 Å². The molecule has 0 spiro atoms. The minimum absolute atomic E-state index is 0.00820. The molecule has 0 radical (unpaired) electrons. The SMILES string of the molecule is C=C/C=C(\CC)S(=O)(=O)N[C@H](Cc1ccc(-c2noc(C3CC3)n2)c(F)c1)C(=O)O. The van der Waals surface area contributed by atoms with Crippen molar-refractivity contribution in [1.29, 1.82) is 0 Å². The van der Waals surface area contributed by atoms with Crippen LogP contribution in [-0.4, -0.2) is 35.7 Å². The molecule has 3 rings (SSSR count). The Hall–Kier alpha value is -2.85. The largest absolute Gasteiger partial charge is 0.480 e. The normalized spacial score (nSPS) is 15.7. The first-order chi connectivity index (χ1) is 14.2. The van der Waals surface area contributed by atoms with Crippen LogP contribution >= 0.6 is 0 Å². The highest BCUT2D eigenvalue weighted by molar-refractivity contribution is 7.93. The number of allylic oxidation sites excluding steroid dienone is 3. The van der Waals surface area contributed by atoms with Crippen LogP contribution in [0.4, 0.5) is 4.39 Å². The third-order valence-corrected chi connectivity index (χ3v) is 6.39. The molecule has 8 nitrogen and oxygen atoms in total. The van der Waals surface area contributed by atoms with Crippen LogP contribution in [0.25, 0.3) is 11.4 Å². The fourth-order valence-corrected chi connectivity index (χ4v) is 4.28. The maximum atomic E-state index is 14.6. The quantitative estimate of drug-likeness (QED) is 0.550. The van der Waals surface area contributed by atoms with E-state index in [0.717, 1.165) is 18.9 Å². The Kier molecular flexibility index (Phi) is 6.47. The first kappa shape index (κ1) is 21.8. The van der Waals surface area contributed by atoms with Gasteiger partial charge in [0.1, 0.15) is 11.9 Å². The summed E-state index contributed by atoms with van der Waals surface area (Å²) in [6, 6.07) is 2.62. The predicted octanol–water partition coefficient (Wildman–Crippen LogP) is 3.15. The molecule has 1 aliphatic carbocycles. The van der Waals surface area contributed by atoms with E-state index < -0.39 is 27.9 Å². The number of nitrogens with one attached hydrogen (secondary N) is 1. The van der Waals surface area contributed by atoms with E-state index >= 15 is 0 Å². The van der Waals surface area contributed by atoms with E-state index in [9.17, 15) is 22.7 Å². The fourth-order valence-electron chi connectivity index (χ4n) is 2.91. The topological polar surface area (TPSA) is 122 Å². The molecule has 0 bridgehead atoms. The molecule has 1 atom stereocenters. The monoisotopic (exact) mass is 435 g/mol. The summed E-state index contributed by atoms with van der Waals surface area (Å²) in [7, 11) is -4.03. The van der Waals surface area contributed by atoms with Gasteiger partial charge in [-0.05, 0) is 49.5 Å². The Bertz CT molecular complexity index is 1090. The van der Waals surface area contributed by atoms with Gasteiger partial charge in [0.05, 0.1) is 10.5 Å². The zero-order valence-corrected chi connectivity index (χ0v) is 17.2. The van der Waals surface area contributed by atoms with Gasteiger partial charge in [0, 0.05) is 5.92 Å². The van der Waals surface area contributed by atoms with E-state index in [4.69, 9.17) is 4.52 Å². The highest BCUT2D eigenvalue weighted by Crippen LogP contribution is 2.39. The van der Waals surface area contributed by atoms with E-state index in [0.29, 0.717) is 11.5 Å². The van der Waals surface area contributed by atoms with Crippen molar-refractivity contribution in [2.45, 2.75) is 44.6 Å². The van der Waals surface area contributed by atoms with Gasteiger partial charge < -0.3 is 9.63 Å². The van der Waals surface area contributed by atoms with Gasteiger partial charge in [-0.2, -0.15) is 9.71 Å². The number of aliphatic carboxylic acids is 1. The molecule has 0 saturated heterocycles. The van der Waals surface area contributed by atoms with Gasteiger partial charge >= 0.3 is 5.97 Å². The van der Waals surface area contributed by atoms with Gasteiger partial charge in [-0.1, -0.05) is 30.8 Å². The summed E-state index contributed by atoms with van der Waals surface area (Å²) >= 11 is 0. The van der Waals surface area contributed by atoms with Crippen LogP contribution in [-0.2, 0) is 21.2 Å². The summed E-state index contributed by atoms with van der Waals surface area (Å²) in [5.41, 5.74) is 0.437. The van der Waals surface area contributed by atoms with Crippen LogP contribution in [0.3, 0.4) is 0 Å². The van der Waals surface area contributed by atoms with Crippen LogP contribution in [0.5, 0.6) is 0 Å². The number of benzene rings is 1. The molecule has 30 heavy (non-hydrogen) atoms. The van der Waals surface area contributed by atoms with E-state index in [1.54, 1.807) is 6.92 Å². The maximum Gasteiger partial charge on any atom is 0.322 e. The zero-order chi connectivity index (χ0) is 21.9. The van der Waals surface area contributed by atoms with Gasteiger partial charge in [-0.25, -0.2) is 12.8 Å².